The molecule has 0 saturated heterocycles. The maximum atomic E-state index is 4.18. The average molecular weight is 406 g/mol. The predicted octanol–water partition coefficient (Wildman–Crippen LogP) is 6.85. The number of hydrogen-bond acceptors (Lipinski definition) is 2. The van der Waals surface area contributed by atoms with Crippen molar-refractivity contribution < 1.29 is 0 Å². The Morgan fingerprint density at radius 3 is 2.45 bits per heavy atom. The Morgan fingerprint density at radius 2 is 1.61 bits per heavy atom. The van der Waals surface area contributed by atoms with Gasteiger partial charge in [0.05, 0.1) is 12.4 Å². The number of aromatic nitrogens is 2. The molecule has 1 aromatic heterocycles. The molecule has 5 rings (SSSR count). The second-order valence-electron chi connectivity index (χ2n) is 8.17. The van der Waals surface area contributed by atoms with Gasteiger partial charge in [0.25, 0.3) is 0 Å². The minimum absolute atomic E-state index is 0.288. The largest absolute Gasteiger partial charge is 0.368 e. The molecule has 0 spiro atoms. The van der Waals surface area contributed by atoms with E-state index in [2.05, 4.69) is 106 Å². The van der Waals surface area contributed by atoms with Gasteiger partial charge in [-0.3, -0.25) is 0 Å². The molecule has 0 amide bonds. The second kappa shape index (κ2) is 8.65. The molecule has 3 heteroatoms. The van der Waals surface area contributed by atoms with Gasteiger partial charge in [-0.05, 0) is 52.1 Å². The number of fused-ring (bicyclic) bond motifs is 2. The molecule has 1 unspecified atom stereocenters. The maximum absolute atomic E-state index is 4.18. The van der Waals surface area contributed by atoms with E-state index in [1.165, 1.54) is 32.8 Å². The predicted molar refractivity (Wildman–Crippen MR) is 131 cm³/mol. The highest BCUT2D eigenvalue weighted by Crippen LogP contribution is 2.35. The number of aryl methyl sites for hydroxylation is 1. The third kappa shape index (κ3) is 4.04. The lowest BCUT2D eigenvalue weighted by atomic mass is 9.94. The lowest BCUT2D eigenvalue weighted by Crippen LogP contribution is -2.24. The summed E-state index contributed by atoms with van der Waals surface area (Å²) >= 11 is 0. The zero-order valence-corrected chi connectivity index (χ0v) is 17.9. The highest BCUT2D eigenvalue weighted by atomic mass is 15.1. The topological polar surface area (TPSA) is 21.1 Å². The van der Waals surface area contributed by atoms with E-state index in [4.69, 9.17) is 0 Å². The molecule has 0 aliphatic carbocycles. The molecular formula is C28H27N3. The fourth-order valence-corrected chi connectivity index (χ4v) is 4.56. The molecule has 154 valence electrons. The van der Waals surface area contributed by atoms with Gasteiger partial charge in [0.1, 0.15) is 0 Å². The van der Waals surface area contributed by atoms with E-state index in [9.17, 15) is 0 Å². The highest BCUT2D eigenvalue weighted by molar-refractivity contribution is 5.88. The smallest absolute Gasteiger partial charge is 0.0945 e. The van der Waals surface area contributed by atoms with Crippen molar-refractivity contribution in [3.8, 4) is 0 Å². The third-order valence-electron chi connectivity index (χ3n) is 6.24. The van der Waals surface area contributed by atoms with Gasteiger partial charge in [0.2, 0.25) is 0 Å². The lowest BCUT2D eigenvalue weighted by molar-refractivity contribution is 0.535. The molecule has 0 aliphatic rings. The molecule has 3 nitrogen and oxygen atoms in total. The fourth-order valence-electron chi connectivity index (χ4n) is 4.56. The van der Waals surface area contributed by atoms with Crippen LogP contribution in [0.3, 0.4) is 0 Å². The molecule has 0 bridgehead atoms. The van der Waals surface area contributed by atoms with E-state index in [0.29, 0.717) is 0 Å². The van der Waals surface area contributed by atoms with Crippen LogP contribution in [0.2, 0.25) is 0 Å². The summed E-state index contributed by atoms with van der Waals surface area (Å²) in [6, 6.07) is 31.1. The first-order valence-electron chi connectivity index (χ1n) is 10.9. The van der Waals surface area contributed by atoms with Crippen LogP contribution in [-0.4, -0.2) is 16.6 Å². The second-order valence-corrected chi connectivity index (χ2v) is 8.17. The van der Waals surface area contributed by atoms with Crippen molar-refractivity contribution in [1.82, 2.24) is 9.55 Å². The maximum Gasteiger partial charge on any atom is 0.0945 e. The van der Waals surface area contributed by atoms with Crippen molar-refractivity contribution in [2.75, 3.05) is 11.9 Å². The number of nitrogens with zero attached hydrogens (tertiary/aromatic N) is 3. The molecule has 0 radical (unpaired) electrons. The van der Waals surface area contributed by atoms with Crippen LogP contribution in [0.4, 0.5) is 5.69 Å². The molecule has 0 fully saturated rings. The summed E-state index contributed by atoms with van der Waals surface area (Å²) in [5, 5.41) is 5.19. The summed E-state index contributed by atoms with van der Waals surface area (Å²) in [5.74, 6) is 0. The SMILES string of the molecule is CN(c1ccc2ccccc2c1)C(CCCn1ccnc1)c1cccc2ccccc12. The Hall–Kier alpha value is -3.59. The van der Waals surface area contributed by atoms with Crippen molar-refractivity contribution in [2.45, 2.75) is 25.4 Å². The van der Waals surface area contributed by atoms with E-state index in [1.54, 1.807) is 0 Å². The van der Waals surface area contributed by atoms with Crippen molar-refractivity contribution in [1.29, 1.82) is 0 Å². The van der Waals surface area contributed by atoms with Gasteiger partial charge in [-0.25, -0.2) is 4.98 Å². The van der Waals surface area contributed by atoms with Gasteiger partial charge >= 0.3 is 0 Å². The molecular weight excluding hydrogens is 378 g/mol. The van der Waals surface area contributed by atoms with E-state index < -0.39 is 0 Å². The molecule has 4 aromatic carbocycles. The standard InChI is InChI=1S/C28H27N3/c1-30(25-16-15-22-8-2-3-10-24(22)20-25)28(14-7-18-31-19-17-29-21-31)27-13-6-11-23-9-4-5-12-26(23)27/h2-6,8-13,15-17,19-21,28H,7,14,18H2,1H3. The molecule has 0 aliphatic heterocycles. The monoisotopic (exact) mass is 405 g/mol. The number of imidazole rings is 1. The fraction of sp³-hybridized carbons (Fsp3) is 0.179. The summed E-state index contributed by atoms with van der Waals surface area (Å²) in [6.07, 6.45) is 7.95. The van der Waals surface area contributed by atoms with Crippen LogP contribution < -0.4 is 4.90 Å². The van der Waals surface area contributed by atoms with Gasteiger partial charge in [-0.2, -0.15) is 0 Å². The first-order valence-corrected chi connectivity index (χ1v) is 10.9. The zero-order valence-electron chi connectivity index (χ0n) is 17.9. The Morgan fingerprint density at radius 1 is 0.839 bits per heavy atom. The van der Waals surface area contributed by atoms with Crippen LogP contribution in [0.25, 0.3) is 21.5 Å². The van der Waals surface area contributed by atoms with Crippen molar-refractivity contribution in [2.24, 2.45) is 0 Å². The summed E-state index contributed by atoms with van der Waals surface area (Å²) in [7, 11) is 2.23. The first-order chi connectivity index (χ1) is 15.3. The van der Waals surface area contributed by atoms with Crippen molar-refractivity contribution >= 4 is 27.2 Å². The Labute approximate surface area is 183 Å². The van der Waals surface area contributed by atoms with Crippen LogP contribution >= 0.6 is 0 Å². The summed E-state index contributed by atoms with van der Waals surface area (Å²) in [6.45, 7) is 0.979. The molecule has 31 heavy (non-hydrogen) atoms. The van der Waals surface area contributed by atoms with Crippen molar-refractivity contribution in [3.63, 3.8) is 0 Å². The van der Waals surface area contributed by atoms with Crippen LogP contribution in [0.1, 0.15) is 24.4 Å². The van der Waals surface area contributed by atoms with E-state index in [0.717, 1.165) is 19.4 Å². The van der Waals surface area contributed by atoms with Crippen LogP contribution in [0.15, 0.2) is 104 Å². The minimum atomic E-state index is 0.288. The zero-order chi connectivity index (χ0) is 21.0. The normalized spacial score (nSPS) is 12.3. The van der Waals surface area contributed by atoms with Gasteiger partial charge in [0, 0.05) is 31.7 Å². The number of anilines is 1. The quantitative estimate of drug-likeness (QED) is 0.295. The summed E-state index contributed by atoms with van der Waals surface area (Å²) < 4.78 is 2.16. The highest BCUT2D eigenvalue weighted by Gasteiger charge is 2.20. The van der Waals surface area contributed by atoms with Gasteiger partial charge in [-0.1, -0.05) is 72.8 Å². The van der Waals surface area contributed by atoms with Gasteiger partial charge in [-0.15, -0.1) is 0 Å². The molecule has 1 heterocycles. The lowest BCUT2D eigenvalue weighted by Gasteiger charge is -2.32. The number of hydrogen-bond donors (Lipinski definition) is 0. The van der Waals surface area contributed by atoms with Crippen LogP contribution in [0, 0.1) is 0 Å². The Balaban J connectivity index is 1.51. The Kier molecular flexibility index (Phi) is 5.40. The molecule has 5 aromatic rings. The van der Waals surface area contributed by atoms with E-state index in [-0.39, 0.29) is 6.04 Å². The third-order valence-corrected chi connectivity index (χ3v) is 6.24. The summed E-state index contributed by atoms with van der Waals surface area (Å²) in [5.41, 5.74) is 2.64. The minimum Gasteiger partial charge on any atom is -0.368 e. The van der Waals surface area contributed by atoms with Gasteiger partial charge < -0.3 is 9.47 Å². The summed E-state index contributed by atoms with van der Waals surface area (Å²) in [4.78, 5) is 6.63. The molecule has 0 N–H and O–H groups in total. The first kappa shape index (κ1) is 19.4. The van der Waals surface area contributed by atoms with Crippen LogP contribution in [0.5, 0.6) is 0 Å². The van der Waals surface area contributed by atoms with Crippen LogP contribution in [-0.2, 0) is 6.54 Å². The Bertz CT molecular complexity index is 1280. The molecule has 0 saturated carbocycles. The number of benzene rings is 4. The van der Waals surface area contributed by atoms with E-state index in [1.807, 2.05) is 18.7 Å². The molecule has 1 atom stereocenters. The average Bonchev–Trinajstić information content (AvgIpc) is 3.34. The number of rotatable bonds is 7. The van der Waals surface area contributed by atoms with E-state index >= 15 is 0 Å². The van der Waals surface area contributed by atoms with Gasteiger partial charge in [0.15, 0.2) is 0 Å². The van der Waals surface area contributed by atoms with Crippen molar-refractivity contribution in [3.05, 3.63) is 109 Å².